The Balaban J connectivity index is 1.80. The van der Waals surface area contributed by atoms with Crippen LogP contribution in [0.25, 0.3) is 0 Å². The molecular weight excluding hydrogens is 234 g/mol. The fourth-order valence-corrected chi connectivity index (χ4v) is 2.89. The van der Waals surface area contributed by atoms with Crippen molar-refractivity contribution < 1.29 is 4.79 Å². The van der Waals surface area contributed by atoms with E-state index in [9.17, 15) is 4.79 Å². The van der Waals surface area contributed by atoms with Gasteiger partial charge in [0.1, 0.15) is 0 Å². The van der Waals surface area contributed by atoms with E-state index in [-0.39, 0.29) is 11.4 Å². The molecule has 1 saturated heterocycles. The molecule has 1 aliphatic heterocycles. The molecule has 1 fully saturated rings. The van der Waals surface area contributed by atoms with E-state index in [1.54, 1.807) is 11.3 Å². The van der Waals surface area contributed by atoms with E-state index in [1.165, 1.54) is 0 Å². The summed E-state index contributed by atoms with van der Waals surface area (Å²) in [7, 11) is 0. The highest BCUT2D eigenvalue weighted by molar-refractivity contribution is 7.07. The molecule has 0 bridgehead atoms. The number of nitrogens with zero attached hydrogens (tertiary/aromatic N) is 1. The quantitative estimate of drug-likeness (QED) is 0.832. The molecule has 1 atom stereocenters. The minimum absolute atomic E-state index is 0.146. The number of amides is 1. The van der Waals surface area contributed by atoms with Crippen molar-refractivity contribution in [1.82, 2.24) is 15.6 Å². The average Bonchev–Trinajstić information content (AvgIpc) is 3.00. The van der Waals surface area contributed by atoms with Crippen LogP contribution < -0.4 is 10.6 Å². The molecule has 2 heterocycles. The fourth-order valence-electron chi connectivity index (χ4n) is 2.30. The Morgan fingerprint density at radius 2 is 2.59 bits per heavy atom. The van der Waals surface area contributed by atoms with Crippen LogP contribution in [-0.4, -0.2) is 29.5 Å². The molecule has 1 aromatic rings. The Hall–Kier alpha value is -0.940. The molecule has 0 aromatic carbocycles. The molecule has 4 nitrogen and oxygen atoms in total. The van der Waals surface area contributed by atoms with Gasteiger partial charge in [0, 0.05) is 18.3 Å². The predicted molar refractivity (Wildman–Crippen MR) is 69.1 cm³/mol. The molecule has 1 amide bonds. The third-order valence-electron chi connectivity index (χ3n) is 3.43. The minimum Gasteiger partial charge on any atom is -0.354 e. The van der Waals surface area contributed by atoms with Gasteiger partial charge in [-0.15, -0.1) is 11.3 Å². The Bertz CT molecular complexity index is 358. The molecule has 2 rings (SSSR count). The van der Waals surface area contributed by atoms with Gasteiger partial charge in [-0.25, -0.2) is 4.98 Å². The summed E-state index contributed by atoms with van der Waals surface area (Å²) in [4.78, 5) is 16.3. The summed E-state index contributed by atoms with van der Waals surface area (Å²) < 4.78 is 0. The second-order valence-corrected chi connectivity index (χ2v) is 5.17. The minimum atomic E-state index is -0.317. The predicted octanol–water partition coefficient (Wildman–Crippen LogP) is 1.33. The summed E-state index contributed by atoms with van der Waals surface area (Å²) in [5.41, 5.74) is 2.56. The molecule has 1 aromatic heterocycles. The number of carbonyl (C=O) groups excluding carboxylic acids is 1. The Kier molecular flexibility index (Phi) is 4.12. The van der Waals surface area contributed by atoms with Gasteiger partial charge in [-0.05, 0) is 25.8 Å². The van der Waals surface area contributed by atoms with E-state index >= 15 is 0 Å². The highest BCUT2D eigenvalue weighted by atomic mass is 32.1. The first-order valence-electron chi connectivity index (χ1n) is 6.17. The maximum absolute atomic E-state index is 12.1. The van der Waals surface area contributed by atoms with Gasteiger partial charge in [0.15, 0.2) is 0 Å². The third-order valence-corrected chi connectivity index (χ3v) is 4.07. The Labute approximate surface area is 106 Å². The zero-order valence-corrected chi connectivity index (χ0v) is 11.0. The van der Waals surface area contributed by atoms with Crippen LogP contribution >= 0.6 is 11.3 Å². The number of hydrogen-bond donors (Lipinski definition) is 2. The molecule has 0 saturated carbocycles. The number of hydrogen-bond acceptors (Lipinski definition) is 4. The molecule has 94 valence electrons. The van der Waals surface area contributed by atoms with E-state index in [2.05, 4.69) is 22.5 Å². The summed E-state index contributed by atoms with van der Waals surface area (Å²) in [5, 5.41) is 8.38. The normalized spacial score (nSPS) is 23.8. The molecular formula is C12H19N3OS. The molecule has 0 aliphatic carbocycles. The molecule has 0 radical (unpaired) electrons. The lowest BCUT2D eigenvalue weighted by Gasteiger charge is -2.26. The zero-order chi connectivity index (χ0) is 12.1. The number of thiazole rings is 1. The lowest BCUT2D eigenvalue weighted by atomic mass is 9.93. The first-order valence-corrected chi connectivity index (χ1v) is 7.11. The van der Waals surface area contributed by atoms with Gasteiger partial charge < -0.3 is 10.6 Å². The number of nitrogens with one attached hydrogen (secondary N) is 2. The van der Waals surface area contributed by atoms with E-state index in [4.69, 9.17) is 0 Å². The molecule has 1 unspecified atom stereocenters. The molecule has 1 aliphatic rings. The van der Waals surface area contributed by atoms with Crippen molar-refractivity contribution in [3.05, 3.63) is 16.6 Å². The van der Waals surface area contributed by atoms with Gasteiger partial charge in [0.25, 0.3) is 0 Å². The summed E-state index contributed by atoms with van der Waals surface area (Å²) in [5.74, 6) is 0.146. The van der Waals surface area contributed by atoms with E-state index < -0.39 is 0 Å². The van der Waals surface area contributed by atoms with Crippen LogP contribution in [0.5, 0.6) is 0 Å². The lowest BCUT2D eigenvalue weighted by molar-refractivity contribution is -0.127. The van der Waals surface area contributed by atoms with Crippen molar-refractivity contribution in [2.24, 2.45) is 0 Å². The number of rotatable bonds is 5. The summed E-state index contributed by atoms with van der Waals surface area (Å²) in [6, 6.07) is 0. The van der Waals surface area contributed by atoms with Crippen molar-refractivity contribution in [3.8, 4) is 0 Å². The van der Waals surface area contributed by atoms with Crippen LogP contribution in [0.4, 0.5) is 0 Å². The highest BCUT2D eigenvalue weighted by Gasteiger charge is 2.38. The van der Waals surface area contributed by atoms with E-state index in [0.29, 0.717) is 6.54 Å². The smallest absolute Gasteiger partial charge is 0.240 e. The fraction of sp³-hybridized carbons (Fsp3) is 0.667. The number of carbonyl (C=O) groups is 1. The highest BCUT2D eigenvalue weighted by Crippen LogP contribution is 2.22. The van der Waals surface area contributed by atoms with Gasteiger partial charge in [-0.2, -0.15) is 0 Å². The van der Waals surface area contributed by atoms with Crippen LogP contribution in [0, 0.1) is 0 Å². The van der Waals surface area contributed by atoms with Crippen LogP contribution in [0.2, 0.25) is 0 Å². The SMILES string of the molecule is CCC1(C(=O)NCCc2cscn2)CCCN1. The van der Waals surface area contributed by atoms with Crippen LogP contribution in [0.1, 0.15) is 31.9 Å². The van der Waals surface area contributed by atoms with Gasteiger partial charge in [-0.3, -0.25) is 4.79 Å². The second kappa shape index (κ2) is 5.60. The molecule has 17 heavy (non-hydrogen) atoms. The standard InChI is InChI=1S/C12H19N3OS/c1-2-12(5-3-6-15-12)11(16)13-7-4-10-8-17-9-14-10/h8-9,15H,2-7H2,1H3,(H,13,16). The van der Waals surface area contributed by atoms with Crippen molar-refractivity contribution in [3.63, 3.8) is 0 Å². The van der Waals surface area contributed by atoms with Crippen LogP contribution in [0.15, 0.2) is 10.9 Å². The van der Waals surface area contributed by atoms with Crippen molar-refractivity contribution in [2.75, 3.05) is 13.1 Å². The van der Waals surface area contributed by atoms with Gasteiger partial charge in [0.2, 0.25) is 5.91 Å². The van der Waals surface area contributed by atoms with Crippen molar-refractivity contribution >= 4 is 17.2 Å². The first-order chi connectivity index (χ1) is 8.27. The zero-order valence-electron chi connectivity index (χ0n) is 10.2. The summed E-state index contributed by atoms with van der Waals surface area (Å²) >= 11 is 1.59. The largest absolute Gasteiger partial charge is 0.354 e. The maximum atomic E-state index is 12.1. The summed E-state index contributed by atoms with van der Waals surface area (Å²) in [6.07, 6.45) is 3.71. The lowest BCUT2D eigenvalue weighted by Crippen LogP contribution is -2.53. The van der Waals surface area contributed by atoms with Gasteiger partial charge in [0.05, 0.1) is 16.7 Å². The average molecular weight is 253 g/mol. The van der Waals surface area contributed by atoms with Crippen LogP contribution in [-0.2, 0) is 11.2 Å². The Morgan fingerprint density at radius 3 is 3.18 bits per heavy atom. The van der Waals surface area contributed by atoms with Gasteiger partial charge >= 0.3 is 0 Å². The first kappa shape index (κ1) is 12.5. The Morgan fingerprint density at radius 1 is 1.71 bits per heavy atom. The molecule has 2 N–H and O–H groups in total. The van der Waals surface area contributed by atoms with Crippen molar-refractivity contribution in [2.45, 2.75) is 38.1 Å². The van der Waals surface area contributed by atoms with Crippen LogP contribution in [0.3, 0.4) is 0 Å². The van der Waals surface area contributed by atoms with E-state index in [0.717, 1.165) is 37.9 Å². The van der Waals surface area contributed by atoms with Crippen molar-refractivity contribution in [1.29, 1.82) is 0 Å². The molecule has 0 spiro atoms. The third kappa shape index (κ3) is 2.84. The molecule has 5 heteroatoms. The second-order valence-electron chi connectivity index (χ2n) is 4.45. The maximum Gasteiger partial charge on any atom is 0.240 e. The number of aromatic nitrogens is 1. The summed E-state index contributed by atoms with van der Waals surface area (Å²) in [6.45, 7) is 3.69. The van der Waals surface area contributed by atoms with Gasteiger partial charge in [-0.1, -0.05) is 6.92 Å². The monoisotopic (exact) mass is 253 g/mol. The topological polar surface area (TPSA) is 54.0 Å². The van der Waals surface area contributed by atoms with E-state index in [1.807, 2.05) is 10.9 Å².